The molecule has 10 nitrogen and oxygen atoms in total. The van der Waals surface area contributed by atoms with E-state index in [1.807, 2.05) is 19.1 Å². The fourth-order valence-corrected chi connectivity index (χ4v) is 4.20. The van der Waals surface area contributed by atoms with Crippen LogP contribution in [0.15, 0.2) is 70.8 Å². The molecule has 12 heteroatoms. The summed E-state index contributed by atoms with van der Waals surface area (Å²) in [6.45, 7) is 3.16. The van der Waals surface area contributed by atoms with Gasteiger partial charge in [-0.15, -0.1) is 0 Å². The summed E-state index contributed by atoms with van der Waals surface area (Å²) in [5.41, 5.74) is 2.43. The van der Waals surface area contributed by atoms with Crippen molar-refractivity contribution in [3.05, 3.63) is 87.8 Å². The smallest absolute Gasteiger partial charge is 0.329 e. The van der Waals surface area contributed by atoms with Gasteiger partial charge in [-0.3, -0.25) is 14.4 Å². The Morgan fingerprint density at radius 2 is 1.56 bits per heavy atom. The molecule has 4 rings (SSSR count). The topological polar surface area (TPSA) is 126 Å². The second-order valence-corrected chi connectivity index (χ2v) is 9.75. The van der Waals surface area contributed by atoms with E-state index in [2.05, 4.69) is 31.9 Å². The minimum absolute atomic E-state index is 0.0337. The molecule has 3 aromatic rings. The van der Waals surface area contributed by atoms with Gasteiger partial charge >= 0.3 is 6.03 Å². The molecule has 5 amide bonds. The van der Waals surface area contributed by atoms with Crippen molar-refractivity contribution in [2.24, 2.45) is 0 Å². The van der Waals surface area contributed by atoms with Crippen molar-refractivity contribution < 1.29 is 33.0 Å². The van der Waals surface area contributed by atoms with E-state index in [9.17, 15) is 23.6 Å². The molecule has 0 bridgehead atoms. The highest BCUT2D eigenvalue weighted by molar-refractivity contribution is 9.10. The number of carbonyl (C=O) groups is 4. The van der Waals surface area contributed by atoms with Gasteiger partial charge in [-0.2, -0.15) is 0 Å². The van der Waals surface area contributed by atoms with Gasteiger partial charge in [-0.1, -0.05) is 33.6 Å². The van der Waals surface area contributed by atoms with Crippen LogP contribution in [0, 0.1) is 12.7 Å². The molecule has 0 unspecified atom stereocenters. The maximum absolute atomic E-state index is 13.1. The van der Waals surface area contributed by atoms with Gasteiger partial charge in [0.25, 0.3) is 11.8 Å². The predicted octanol–water partition coefficient (Wildman–Crippen LogP) is 4.84. The molecule has 1 aliphatic rings. The number of amides is 5. The van der Waals surface area contributed by atoms with E-state index in [-0.39, 0.29) is 24.7 Å². The Kier molecular flexibility index (Phi) is 9.35. The molecule has 0 radical (unpaired) electrons. The van der Waals surface area contributed by atoms with E-state index in [0.717, 1.165) is 10.5 Å². The van der Waals surface area contributed by atoms with Crippen molar-refractivity contribution in [2.45, 2.75) is 13.8 Å². The number of urea groups is 1. The summed E-state index contributed by atoms with van der Waals surface area (Å²) in [4.78, 5) is 51.0. The number of anilines is 2. The standard InChI is InChI=1S/C29H26BrFN4O6/c1-3-40-24-13-18(22(30)14-25(24)41-16-27(37)33-21-10-6-19(31)7-11-21)12-23-28(38)35(29(39)34-23)15-26(36)32-20-8-4-17(2)5-9-20/h4-14H,3,15-16H2,1-2H3,(H,32,36)(H,33,37)(H,34,39)/b23-12+. The van der Waals surface area contributed by atoms with Crippen LogP contribution in [0.1, 0.15) is 18.1 Å². The van der Waals surface area contributed by atoms with Gasteiger partial charge in [0, 0.05) is 15.8 Å². The van der Waals surface area contributed by atoms with E-state index in [1.165, 1.54) is 30.3 Å². The van der Waals surface area contributed by atoms with Crippen molar-refractivity contribution in [3.8, 4) is 11.5 Å². The monoisotopic (exact) mass is 624 g/mol. The number of aryl methyl sites for hydroxylation is 1. The molecule has 0 aromatic heterocycles. The van der Waals surface area contributed by atoms with Gasteiger partial charge in [0.2, 0.25) is 5.91 Å². The lowest BCUT2D eigenvalue weighted by Gasteiger charge is -2.14. The number of nitrogens with zero attached hydrogens (tertiary/aromatic N) is 1. The average Bonchev–Trinajstić information content (AvgIpc) is 3.19. The summed E-state index contributed by atoms with van der Waals surface area (Å²) in [7, 11) is 0. The highest BCUT2D eigenvalue weighted by atomic mass is 79.9. The zero-order valence-electron chi connectivity index (χ0n) is 22.1. The summed E-state index contributed by atoms with van der Waals surface area (Å²) >= 11 is 3.42. The molecule has 1 aliphatic heterocycles. The quantitative estimate of drug-likeness (QED) is 0.219. The first-order chi connectivity index (χ1) is 19.6. The lowest BCUT2D eigenvalue weighted by Crippen LogP contribution is -2.38. The fraction of sp³-hybridized carbons (Fsp3) is 0.172. The minimum atomic E-state index is -0.728. The maximum atomic E-state index is 13.1. The average molecular weight is 625 g/mol. The van der Waals surface area contributed by atoms with Crippen LogP contribution in [0.25, 0.3) is 6.08 Å². The van der Waals surface area contributed by atoms with Crippen molar-refractivity contribution in [2.75, 3.05) is 30.4 Å². The Balaban J connectivity index is 1.44. The van der Waals surface area contributed by atoms with Crippen LogP contribution in [0.5, 0.6) is 11.5 Å². The van der Waals surface area contributed by atoms with Crippen molar-refractivity contribution in [1.82, 2.24) is 10.2 Å². The number of ether oxygens (including phenoxy) is 2. The van der Waals surface area contributed by atoms with Crippen molar-refractivity contribution in [3.63, 3.8) is 0 Å². The van der Waals surface area contributed by atoms with Gasteiger partial charge in [-0.25, -0.2) is 14.1 Å². The minimum Gasteiger partial charge on any atom is -0.490 e. The number of rotatable bonds is 10. The van der Waals surface area contributed by atoms with E-state index in [4.69, 9.17) is 9.47 Å². The number of carbonyl (C=O) groups excluding carboxylic acids is 4. The first-order valence-corrected chi connectivity index (χ1v) is 13.3. The molecule has 3 aromatic carbocycles. The third-order valence-electron chi connectivity index (χ3n) is 5.75. The fourth-order valence-electron chi connectivity index (χ4n) is 3.77. The summed E-state index contributed by atoms with van der Waals surface area (Å²) in [6, 6.07) is 14.8. The van der Waals surface area contributed by atoms with Gasteiger partial charge in [0.05, 0.1) is 6.61 Å². The summed E-state index contributed by atoms with van der Waals surface area (Å²) in [5.74, 6) is -1.53. The number of benzene rings is 3. The molecule has 0 saturated carbocycles. The van der Waals surface area contributed by atoms with Gasteiger partial charge in [0.1, 0.15) is 18.1 Å². The molecule has 1 fully saturated rings. The molecular weight excluding hydrogens is 599 g/mol. The van der Waals surface area contributed by atoms with E-state index < -0.39 is 36.1 Å². The summed E-state index contributed by atoms with van der Waals surface area (Å²) < 4.78 is 24.9. The van der Waals surface area contributed by atoms with Gasteiger partial charge < -0.3 is 25.4 Å². The van der Waals surface area contributed by atoms with E-state index >= 15 is 0 Å². The third-order valence-corrected chi connectivity index (χ3v) is 6.44. The first kappa shape index (κ1) is 29.3. The Labute approximate surface area is 243 Å². The Bertz CT molecular complexity index is 1510. The molecule has 41 heavy (non-hydrogen) atoms. The van der Waals surface area contributed by atoms with Crippen LogP contribution >= 0.6 is 15.9 Å². The molecule has 1 saturated heterocycles. The molecule has 0 aliphatic carbocycles. The number of imide groups is 1. The van der Waals surface area contributed by atoms with Crippen LogP contribution < -0.4 is 25.4 Å². The molecule has 1 heterocycles. The normalized spacial score (nSPS) is 13.7. The van der Waals surface area contributed by atoms with Crippen LogP contribution in [-0.4, -0.2) is 48.4 Å². The summed E-state index contributed by atoms with van der Waals surface area (Å²) in [6.07, 6.45) is 1.44. The second kappa shape index (κ2) is 13.1. The SMILES string of the molecule is CCOc1cc(/C=C2/NC(=O)N(CC(=O)Nc3ccc(C)cc3)C2=O)c(Br)cc1OCC(=O)Nc1ccc(F)cc1. The van der Waals surface area contributed by atoms with Gasteiger partial charge in [0.15, 0.2) is 18.1 Å². The molecular formula is C29H26BrFN4O6. The van der Waals surface area contributed by atoms with E-state index in [0.29, 0.717) is 27.2 Å². The number of halogens is 2. The van der Waals surface area contributed by atoms with Gasteiger partial charge in [-0.05, 0) is 74.0 Å². The van der Waals surface area contributed by atoms with Crippen LogP contribution in [0.4, 0.5) is 20.6 Å². The Hall–Kier alpha value is -4.71. The zero-order valence-corrected chi connectivity index (χ0v) is 23.7. The maximum Gasteiger partial charge on any atom is 0.329 e. The van der Waals surface area contributed by atoms with Crippen LogP contribution in [0.3, 0.4) is 0 Å². The predicted molar refractivity (Wildman–Crippen MR) is 154 cm³/mol. The molecule has 3 N–H and O–H groups in total. The van der Waals surface area contributed by atoms with Crippen LogP contribution in [0.2, 0.25) is 0 Å². The van der Waals surface area contributed by atoms with Crippen molar-refractivity contribution >= 4 is 57.1 Å². The largest absolute Gasteiger partial charge is 0.490 e. The Morgan fingerprint density at radius 1 is 0.951 bits per heavy atom. The highest BCUT2D eigenvalue weighted by Gasteiger charge is 2.35. The highest BCUT2D eigenvalue weighted by Crippen LogP contribution is 2.35. The Morgan fingerprint density at radius 3 is 2.22 bits per heavy atom. The third kappa shape index (κ3) is 7.70. The molecule has 0 spiro atoms. The lowest BCUT2D eigenvalue weighted by atomic mass is 10.1. The molecule has 0 atom stereocenters. The molecule has 212 valence electrons. The van der Waals surface area contributed by atoms with Crippen LogP contribution in [-0.2, 0) is 14.4 Å². The zero-order chi connectivity index (χ0) is 29.5. The number of nitrogens with one attached hydrogen (secondary N) is 3. The summed E-state index contributed by atoms with van der Waals surface area (Å²) in [5, 5.41) is 7.75. The lowest BCUT2D eigenvalue weighted by molar-refractivity contribution is -0.127. The van der Waals surface area contributed by atoms with E-state index in [1.54, 1.807) is 31.2 Å². The number of hydrogen-bond acceptors (Lipinski definition) is 6. The van der Waals surface area contributed by atoms with Crippen molar-refractivity contribution in [1.29, 1.82) is 0 Å². The first-order valence-electron chi connectivity index (χ1n) is 12.5. The number of hydrogen-bond donors (Lipinski definition) is 3. The second-order valence-electron chi connectivity index (χ2n) is 8.89.